The van der Waals surface area contributed by atoms with Crippen LogP contribution < -0.4 is 5.32 Å². The zero-order chi connectivity index (χ0) is 13.7. The third-order valence-electron chi connectivity index (χ3n) is 2.90. The lowest BCUT2D eigenvalue weighted by Crippen LogP contribution is -2.21. The van der Waals surface area contributed by atoms with Crippen molar-refractivity contribution in [3.05, 3.63) is 35.7 Å². The quantitative estimate of drug-likeness (QED) is 0.832. The molecule has 0 bridgehead atoms. The van der Waals surface area contributed by atoms with E-state index in [1.54, 1.807) is 0 Å². The van der Waals surface area contributed by atoms with E-state index in [2.05, 4.69) is 40.8 Å². The van der Waals surface area contributed by atoms with Crippen molar-refractivity contribution in [2.45, 2.75) is 52.7 Å². The number of aromatic nitrogens is 3. The van der Waals surface area contributed by atoms with Gasteiger partial charge in [0.1, 0.15) is 5.82 Å². The molecule has 0 unspecified atom stereocenters. The Balaban J connectivity index is 1.97. The lowest BCUT2D eigenvalue weighted by Gasteiger charge is -2.04. The first kappa shape index (κ1) is 13.8. The van der Waals surface area contributed by atoms with E-state index in [1.807, 2.05) is 18.5 Å². The Morgan fingerprint density at radius 1 is 1.42 bits per heavy atom. The molecular weight excluding hydrogens is 240 g/mol. The highest BCUT2D eigenvalue weighted by Crippen LogP contribution is 2.09. The van der Waals surface area contributed by atoms with E-state index >= 15 is 0 Å². The monoisotopic (exact) mass is 262 g/mol. The van der Waals surface area contributed by atoms with Crippen molar-refractivity contribution in [3.63, 3.8) is 0 Å². The lowest BCUT2D eigenvalue weighted by molar-refractivity contribution is 0.366. The van der Waals surface area contributed by atoms with Gasteiger partial charge in [-0.2, -0.15) is 0 Å². The molecule has 104 valence electrons. The molecule has 5 nitrogen and oxygen atoms in total. The molecule has 0 radical (unpaired) electrons. The van der Waals surface area contributed by atoms with E-state index in [0.29, 0.717) is 12.6 Å². The SMILES string of the molecule is CCCc1nccn1Cc1cc(CNC(C)C)no1. The molecule has 5 heteroatoms. The molecule has 0 atom stereocenters. The Morgan fingerprint density at radius 2 is 2.26 bits per heavy atom. The van der Waals surface area contributed by atoms with Gasteiger partial charge in [0.15, 0.2) is 5.76 Å². The first-order valence-electron chi connectivity index (χ1n) is 6.87. The van der Waals surface area contributed by atoms with Crippen LogP contribution in [0.5, 0.6) is 0 Å². The molecule has 19 heavy (non-hydrogen) atoms. The highest BCUT2D eigenvalue weighted by Gasteiger charge is 2.08. The topological polar surface area (TPSA) is 55.9 Å². The molecule has 0 aliphatic heterocycles. The molecule has 2 aromatic rings. The molecule has 0 fully saturated rings. The normalized spacial score (nSPS) is 11.4. The predicted molar refractivity (Wildman–Crippen MR) is 73.8 cm³/mol. The molecule has 2 heterocycles. The molecule has 2 rings (SSSR count). The number of nitrogens with zero attached hydrogens (tertiary/aromatic N) is 3. The molecule has 0 aliphatic rings. The molecule has 0 saturated carbocycles. The Hall–Kier alpha value is -1.62. The van der Waals surface area contributed by atoms with Gasteiger partial charge in [0.25, 0.3) is 0 Å². The van der Waals surface area contributed by atoms with Crippen molar-refractivity contribution in [3.8, 4) is 0 Å². The van der Waals surface area contributed by atoms with E-state index in [9.17, 15) is 0 Å². The summed E-state index contributed by atoms with van der Waals surface area (Å²) in [5, 5.41) is 7.40. The van der Waals surface area contributed by atoms with E-state index in [4.69, 9.17) is 4.52 Å². The van der Waals surface area contributed by atoms with Crippen LogP contribution in [0.1, 0.15) is 44.5 Å². The number of hydrogen-bond acceptors (Lipinski definition) is 4. The highest BCUT2D eigenvalue weighted by atomic mass is 16.5. The summed E-state index contributed by atoms with van der Waals surface area (Å²) in [4.78, 5) is 4.36. The second kappa shape index (κ2) is 6.52. The molecule has 0 saturated heterocycles. The van der Waals surface area contributed by atoms with E-state index < -0.39 is 0 Å². The summed E-state index contributed by atoms with van der Waals surface area (Å²) < 4.78 is 7.48. The minimum atomic E-state index is 0.449. The second-order valence-corrected chi connectivity index (χ2v) is 5.04. The number of aryl methyl sites for hydroxylation is 1. The number of imidazole rings is 1. The minimum absolute atomic E-state index is 0.449. The molecule has 0 aliphatic carbocycles. The van der Waals surface area contributed by atoms with Gasteiger partial charge in [-0.1, -0.05) is 25.9 Å². The molecule has 2 aromatic heterocycles. The maximum Gasteiger partial charge on any atom is 0.156 e. The number of hydrogen-bond donors (Lipinski definition) is 1. The molecule has 0 aromatic carbocycles. The fourth-order valence-electron chi connectivity index (χ4n) is 1.93. The van der Waals surface area contributed by atoms with Crippen LogP contribution in [0.3, 0.4) is 0 Å². The lowest BCUT2D eigenvalue weighted by atomic mass is 10.3. The van der Waals surface area contributed by atoms with Crippen molar-refractivity contribution < 1.29 is 4.52 Å². The Labute approximate surface area is 114 Å². The largest absolute Gasteiger partial charge is 0.359 e. The average Bonchev–Trinajstić information content (AvgIpc) is 2.98. The van der Waals surface area contributed by atoms with Crippen LogP contribution in [0, 0.1) is 0 Å². The highest BCUT2D eigenvalue weighted by molar-refractivity contribution is 5.07. The van der Waals surface area contributed by atoms with Crippen LogP contribution >= 0.6 is 0 Å². The second-order valence-electron chi connectivity index (χ2n) is 5.04. The predicted octanol–water partition coefficient (Wildman–Crippen LogP) is 2.37. The fourth-order valence-corrected chi connectivity index (χ4v) is 1.93. The first-order valence-corrected chi connectivity index (χ1v) is 6.87. The van der Waals surface area contributed by atoms with Crippen molar-refractivity contribution in [2.75, 3.05) is 0 Å². The number of nitrogens with one attached hydrogen (secondary N) is 1. The third-order valence-corrected chi connectivity index (χ3v) is 2.90. The maximum atomic E-state index is 5.36. The Morgan fingerprint density at radius 3 is 3.00 bits per heavy atom. The van der Waals surface area contributed by atoms with Crippen LogP contribution in [0.2, 0.25) is 0 Å². The van der Waals surface area contributed by atoms with Gasteiger partial charge in [0.05, 0.1) is 12.2 Å². The van der Waals surface area contributed by atoms with Gasteiger partial charge in [0, 0.05) is 37.5 Å². The van der Waals surface area contributed by atoms with Gasteiger partial charge in [-0.25, -0.2) is 4.98 Å². The van der Waals surface area contributed by atoms with E-state index in [-0.39, 0.29) is 0 Å². The molecular formula is C14H22N4O. The average molecular weight is 262 g/mol. The molecule has 0 amide bonds. The van der Waals surface area contributed by atoms with Crippen LogP contribution in [0.15, 0.2) is 23.0 Å². The van der Waals surface area contributed by atoms with Gasteiger partial charge in [-0.05, 0) is 6.42 Å². The van der Waals surface area contributed by atoms with Crippen molar-refractivity contribution in [2.24, 2.45) is 0 Å². The van der Waals surface area contributed by atoms with Crippen molar-refractivity contribution in [1.29, 1.82) is 0 Å². The molecule has 0 spiro atoms. The zero-order valence-corrected chi connectivity index (χ0v) is 11.9. The summed E-state index contributed by atoms with van der Waals surface area (Å²) in [5.74, 6) is 1.97. The Kier molecular flexibility index (Phi) is 4.74. The summed E-state index contributed by atoms with van der Waals surface area (Å²) in [7, 11) is 0. The van der Waals surface area contributed by atoms with Gasteiger partial charge in [-0.3, -0.25) is 0 Å². The summed E-state index contributed by atoms with van der Waals surface area (Å²) in [5.41, 5.74) is 0.945. The van der Waals surface area contributed by atoms with Gasteiger partial charge in [0.2, 0.25) is 0 Å². The zero-order valence-electron chi connectivity index (χ0n) is 11.9. The Bertz CT molecular complexity index is 501. The van der Waals surface area contributed by atoms with Gasteiger partial charge >= 0.3 is 0 Å². The fraction of sp³-hybridized carbons (Fsp3) is 0.571. The van der Waals surface area contributed by atoms with E-state index in [0.717, 1.165) is 36.7 Å². The summed E-state index contributed by atoms with van der Waals surface area (Å²) in [6.07, 6.45) is 5.90. The van der Waals surface area contributed by atoms with Crippen molar-refractivity contribution >= 4 is 0 Å². The minimum Gasteiger partial charge on any atom is -0.359 e. The van der Waals surface area contributed by atoms with Crippen LogP contribution in [0.25, 0.3) is 0 Å². The smallest absolute Gasteiger partial charge is 0.156 e. The van der Waals surface area contributed by atoms with Crippen LogP contribution in [0.4, 0.5) is 0 Å². The summed E-state index contributed by atoms with van der Waals surface area (Å²) in [6, 6.07) is 2.45. The van der Waals surface area contributed by atoms with Crippen LogP contribution in [-0.2, 0) is 19.5 Å². The number of rotatable bonds is 7. The van der Waals surface area contributed by atoms with E-state index in [1.165, 1.54) is 0 Å². The summed E-state index contributed by atoms with van der Waals surface area (Å²) in [6.45, 7) is 7.83. The van der Waals surface area contributed by atoms with Crippen molar-refractivity contribution in [1.82, 2.24) is 20.0 Å². The standard InChI is InChI=1S/C14H22N4O/c1-4-5-14-15-6-7-18(14)10-13-8-12(17-19-13)9-16-11(2)3/h6-8,11,16H,4-5,9-10H2,1-3H3. The summed E-state index contributed by atoms with van der Waals surface area (Å²) >= 11 is 0. The maximum absolute atomic E-state index is 5.36. The van der Waals surface area contributed by atoms with Crippen LogP contribution in [-0.4, -0.2) is 20.7 Å². The third kappa shape index (κ3) is 3.92. The molecule has 1 N–H and O–H groups in total. The van der Waals surface area contributed by atoms with Gasteiger partial charge < -0.3 is 14.4 Å². The first-order chi connectivity index (χ1) is 9.19. The van der Waals surface area contributed by atoms with Gasteiger partial charge in [-0.15, -0.1) is 0 Å².